The van der Waals surface area contributed by atoms with Gasteiger partial charge >= 0.3 is 6.18 Å². The lowest BCUT2D eigenvalue weighted by Crippen LogP contribution is -2.12. The second kappa shape index (κ2) is 8.94. The summed E-state index contributed by atoms with van der Waals surface area (Å²) >= 11 is 0. The minimum Gasteiger partial charge on any atom is -0.487 e. The van der Waals surface area contributed by atoms with Crippen molar-refractivity contribution in [3.05, 3.63) is 59.7 Å². The van der Waals surface area contributed by atoms with Crippen molar-refractivity contribution in [2.75, 3.05) is 18.1 Å². The molecule has 170 valence electrons. The van der Waals surface area contributed by atoms with Crippen LogP contribution in [0, 0.1) is 5.82 Å². The van der Waals surface area contributed by atoms with E-state index in [1.807, 2.05) is 0 Å². The van der Waals surface area contributed by atoms with Gasteiger partial charge < -0.3 is 9.47 Å². The molecule has 0 radical (unpaired) electrons. The van der Waals surface area contributed by atoms with Gasteiger partial charge in [-0.2, -0.15) is 13.2 Å². The van der Waals surface area contributed by atoms with Gasteiger partial charge in [-0.25, -0.2) is 17.8 Å². The van der Waals surface area contributed by atoms with Crippen LogP contribution >= 0.6 is 0 Å². The molecule has 0 aliphatic rings. The van der Waals surface area contributed by atoms with Gasteiger partial charge in [0.2, 0.25) is 10.0 Å². The molecular formula is C19H16F4N4O4S. The van der Waals surface area contributed by atoms with Crippen LogP contribution in [0.4, 0.5) is 23.2 Å². The molecule has 0 unspecified atom stereocenters. The minimum atomic E-state index is -4.59. The molecule has 2 heterocycles. The van der Waals surface area contributed by atoms with E-state index in [1.165, 1.54) is 37.4 Å². The number of alkyl halides is 3. The maximum absolute atomic E-state index is 14.4. The quantitative estimate of drug-likeness (QED) is 0.524. The van der Waals surface area contributed by atoms with Gasteiger partial charge in [-0.15, -0.1) is 10.2 Å². The SMILES string of the molecule is COc1nnc(-c2cc(OCc3cccc(C(F)(F)F)n3)ccc2F)cc1NS(C)(=O)=O. The number of benzene rings is 1. The standard InChI is InChI=1S/C19H16F4N4O4S/c1-30-18-16(27-32(2,28)29)9-15(25-26-18)13-8-12(6-7-14(13)20)31-10-11-4-3-5-17(24-11)19(21,22)23/h3-9H,10H2,1-2H3,(H,25,27). The third kappa shape index (κ3) is 5.81. The van der Waals surface area contributed by atoms with Crippen LogP contribution in [0.15, 0.2) is 42.5 Å². The minimum absolute atomic E-state index is 0.0228. The summed E-state index contributed by atoms with van der Waals surface area (Å²) < 4.78 is 88.5. The van der Waals surface area contributed by atoms with Gasteiger partial charge in [0.25, 0.3) is 5.88 Å². The number of pyridine rings is 1. The number of hydrogen-bond acceptors (Lipinski definition) is 7. The molecule has 8 nitrogen and oxygen atoms in total. The number of methoxy groups -OCH3 is 1. The van der Waals surface area contributed by atoms with Crippen molar-refractivity contribution in [3.8, 4) is 22.9 Å². The predicted octanol–water partition coefficient (Wildman–Crippen LogP) is 3.66. The fourth-order valence-corrected chi connectivity index (χ4v) is 3.15. The number of ether oxygens (including phenoxy) is 2. The van der Waals surface area contributed by atoms with Crippen LogP contribution in [0.3, 0.4) is 0 Å². The average Bonchev–Trinajstić information content (AvgIpc) is 2.71. The molecule has 0 bridgehead atoms. The third-order valence-electron chi connectivity index (χ3n) is 3.95. The Balaban J connectivity index is 1.87. The van der Waals surface area contributed by atoms with E-state index in [9.17, 15) is 26.0 Å². The van der Waals surface area contributed by atoms with Crippen molar-refractivity contribution in [1.29, 1.82) is 0 Å². The molecule has 0 saturated carbocycles. The first-order valence-corrected chi connectivity index (χ1v) is 10.7. The highest BCUT2D eigenvalue weighted by molar-refractivity contribution is 7.92. The van der Waals surface area contributed by atoms with Gasteiger partial charge in [0, 0.05) is 5.56 Å². The van der Waals surface area contributed by atoms with E-state index in [-0.39, 0.29) is 40.9 Å². The van der Waals surface area contributed by atoms with E-state index in [4.69, 9.17) is 9.47 Å². The number of rotatable bonds is 7. The normalized spacial score (nSPS) is 11.8. The van der Waals surface area contributed by atoms with Gasteiger partial charge in [-0.05, 0) is 36.4 Å². The molecule has 1 N–H and O–H groups in total. The van der Waals surface area contributed by atoms with E-state index < -0.39 is 27.7 Å². The van der Waals surface area contributed by atoms with E-state index in [2.05, 4.69) is 19.9 Å². The zero-order valence-corrected chi connectivity index (χ0v) is 17.5. The highest BCUT2D eigenvalue weighted by Crippen LogP contribution is 2.31. The van der Waals surface area contributed by atoms with Crippen LogP contribution in [-0.2, 0) is 22.8 Å². The van der Waals surface area contributed by atoms with Crippen molar-refractivity contribution in [3.63, 3.8) is 0 Å². The van der Waals surface area contributed by atoms with Gasteiger partial charge in [0.15, 0.2) is 0 Å². The number of halogens is 4. The molecule has 13 heteroatoms. The van der Waals surface area contributed by atoms with Gasteiger partial charge in [0.1, 0.15) is 29.6 Å². The Morgan fingerprint density at radius 3 is 2.50 bits per heavy atom. The van der Waals surface area contributed by atoms with Gasteiger partial charge in [-0.3, -0.25) is 4.72 Å². The Morgan fingerprint density at radius 2 is 1.84 bits per heavy atom. The largest absolute Gasteiger partial charge is 0.487 e. The first kappa shape index (κ1) is 23.2. The van der Waals surface area contributed by atoms with Crippen molar-refractivity contribution < 1.29 is 35.5 Å². The van der Waals surface area contributed by atoms with Crippen LogP contribution in [0.25, 0.3) is 11.3 Å². The van der Waals surface area contributed by atoms with E-state index >= 15 is 0 Å². The molecule has 0 saturated heterocycles. The first-order chi connectivity index (χ1) is 15.0. The van der Waals surface area contributed by atoms with E-state index in [0.29, 0.717) is 0 Å². The number of hydrogen-bond donors (Lipinski definition) is 1. The molecule has 3 aromatic rings. The Kier molecular flexibility index (Phi) is 6.48. The molecular weight excluding hydrogens is 456 g/mol. The number of nitrogens with zero attached hydrogens (tertiary/aromatic N) is 3. The van der Waals surface area contributed by atoms with Crippen LogP contribution in [0.2, 0.25) is 0 Å². The lowest BCUT2D eigenvalue weighted by molar-refractivity contribution is -0.141. The Hall–Kier alpha value is -3.48. The van der Waals surface area contributed by atoms with E-state index in [1.54, 1.807) is 0 Å². The molecule has 32 heavy (non-hydrogen) atoms. The molecule has 3 rings (SSSR count). The maximum Gasteiger partial charge on any atom is 0.433 e. The van der Waals surface area contributed by atoms with Crippen molar-refractivity contribution in [1.82, 2.24) is 15.2 Å². The summed E-state index contributed by atoms with van der Waals surface area (Å²) in [5, 5.41) is 7.56. The second-order valence-corrected chi connectivity index (χ2v) is 8.22. The molecule has 0 aliphatic carbocycles. The summed E-state index contributed by atoms with van der Waals surface area (Å²) in [7, 11) is -2.43. The second-order valence-electron chi connectivity index (χ2n) is 6.47. The summed E-state index contributed by atoms with van der Waals surface area (Å²) in [6.07, 6.45) is -3.67. The fraction of sp³-hybridized carbons (Fsp3) is 0.211. The third-order valence-corrected chi connectivity index (χ3v) is 4.54. The highest BCUT2D eigenvalue weighted by Gasteiger charge is 2.32. The molecule has 0 amide bonds. The lowest BCUT2D eigenvalue weighted by Gasteiger charge is -2.12. The predicted molar refractivity (Wildman–Crippen MR) is 106 cm³/mol. The number of nitrogens with one attached hydrogen (secondary N) is 1. The lowest BCUT2D eigenvalue weighted by atomic mass is 10.1. The topological polar surface area (TPSA) is 103 Å². The average molecular weight is 472 g/mol. The monoisotopic (exact) mass is 472 g/mol. The number of aromatic nitrogens is 3. The highest BCUT2D eigenvalue weighted by atomic mass is 32.2. The fourth-order valence-electron chi connectivity index (χ4n) is 2.60. The van der Waals surface area contributed by atoms with Crippen molar-refractivity contribution >= 4 is 15.7 Å². The zero-order chi connectivity index (χ0) is 23.5. The van der Waals surface area contributed by atoms with Crippen molar-refractivity contribution in [2.45, 2.75) is 12.8 Å². The first-order valence-electron chi connectivity index (χ1n) is 8.81. The summed E-state index contributed by atoms with van der Waals surface area (Å²) in [6, 6.07) is 8.22. The smallest absolute Gasteiger partial charge is 0.433 e. The summed E-state index contributed by atoms with van der Waals surface area (Å²) in [4.78, 5) is 3.50. The van der Waals surface area contributed by atoms with Crippen molar-refractivity contribution in [2.24, 2.45) is 0 Å². The molecule has 0 atom stereocenters. The van der Waals surface area contributed by atoms with Crippen LogP contribution in [-0.4, -0.2) is 37.0 Å². The maximum atomic E-state index is 14.4. The van der Waals surface area contributed by atoms with Crippen LogP contribution in [0.1, 0.15) is 11.4 Å². The van der Waals surface area contributed by atoms with Crippen LogP contribution in [0.5, 0.6) is 11.6 Å². The number of anilines is 1. The summed E-state index contributed by atoms with van der Waals surface area (Å²) in [5.41, 5.74) is -1.20. The van der Waals surface area contributed by atoms with Crippen LogP contribution < -0.4 is 14.2 Å². The Bertz CT molecular complexity index is 1240. The molecule has 0 aliphatic heterocycles. The Morgan fingerprint density at radius 1 is 1.09 bits per heavy atom. The van der Waals surface area contributed by atoms with Gasteiger partial charge in [0.05, 0.1) is 24.8 Å². The summed E-state index contributed by atoms with van der Waals surface area (Å²) in [6.45, 7) is -0.301. The Labute approximate surface area is 180 Å². The number of sulfonamides is 1. The molecule has 0 fully saturated rings. The van der Waals surface area contributed by atoms with E-state index in [0.717, 1.165) is 18.4 Å². The van der Waals surface area contributed by atoms with Gasteiger partial charge in [-0.1, -0.05) is 6.07 Å². The molecule has 1 aromatic carbocycles. The molecule has 2 aromatic heterocycles. The molecule has 0 spiro atoms. The summed E-state index contributed by atoms with van der Waals surface area (Å²) in [5.74, 6) is -0.710. The zero-order valence-electron chi connectivity index (χ0n) is 16.6.